The van der Waals surface area contributed by atoms with E-state index in [2.05, 4.69) is 31.4 Å². The van der Waals surface area contributed by atoms with Crippen molar-refractivity contribution >= 4 is 44.1 Å². The van der Waals surface area contributed by atoms with Gasteiger partial charge in [-0.25, -0.2) is 0 Å². The number of fused-ring (bicyclic) bond motifs is 1. The zero-order valence-electron chi connectivity index (χ0n) is 9.95. The van der Waals surface area contributed by atoms with Crippen molar-refractivity contribution in [1.29, 1.82) is 0 Å². The molecule has 19 heavy (non-hydrogen) atoms. The molecule has 1 heterocycles. The zero-order chi connectivity index (χ0) is 13.2. The van der Waals surface area contributed by atoms with Gasteiger partial charge >= 0.3 is 0 Å². The molecule has 3 nitrogen and oxygen atoms in total. The molecule has 0 radical (unpaired) electrons. The summed E-state index contributed by atoms with van der Waals surface area (Å²) >= 11 is 9.46. The molecule has 96 valence electrons. The van der Waals surface area contributed by atoms with Gasteiger partial charge in [-0.3, -0.25) is 5.10 Å². The number of hydrogen-bond acceptors (Lipinski definition) is 2. The first-order chi connectivity index (χ1) is 9.22. The summed E-state index contributed by atoms with van der Waals surface area (Å²) in [5.74, 6) is 0. The van der Waals surface area contributed by atoms with Crippen LogP contribution in [0.15, 0.2) is 47.1 Å². The molecule has 0 unspecified atom stereocenters. The Balaban J connectivity index is 1.75. The molecule has 0 atom stereocenters. The fourth-order valence-corrected chi connectivity index (χ4v) is 2.35. The van der Waals surface area contributed by atoms with Crippen molar-refractivity contribution in [2.45, 2.75) is 6.54 Å². The van der Waals surface area contributed by atoms with Crippen LogP contribution in [0.4, 0.5) is 5.69 Å². The molecule has 5 heteroatoms. The maximum Gasteiger partial charge on any atom is 0.0670 e. The van der Waals surface area contributed by atoms with Crippen molar-refractivity contribution < 1.29 is 0 Å². The van der Waals surface area contributed by atoms with E-state index < -0.39 is 0 Å². The second-order valence-electron chi connectivity index (χ2n) is 4.27. The Labute approximate surface area is 124 Å². The van der Waals surface area contributed by atoms with E-state index in [4.69, 9.17) is 11.6 Å². The summed E-state index contributed by atoms with van der Waals surface area (Å²) in [4.78, 5) is 0. The minimum Gasteiger partial charge on any atom is -0.381 e. The lowest BCUT2D eigenvalue weighted by atomic mass is 10.2. The Morgan fingerprint density at radius 3 is 2.95 bits per heavy atom. The molecule has 0 amide bonds. The molecule has 2 aromatic carbocycles. The number of aromatic amines is 1. The Morgan fingerprint density at radius 2 is 2.11 bits per heavy atom. The van der Waals surface area contributed by atoms with Gasteiger partial charge in [-0.05, 0) is 51.8 Å². The molecule has 3 rings (SSSR count). The van der Waals surface area contributed by atoms with Gasteiger partial charge in [0.2, 0.25) is 0 Å². The monoisotopic (exact) mass is 335 g/mol. The predicted molar refractivity (Wildman–Crippen MR) is 82.6 cm³/mol. The molecule has 0 aliphatic heterocycles. The van der Waals surface area contributed by atoms with Gasteiger partial charge in [0, 0.05) is 22.1 Å². The van der Waals surface area contributed by atoms with Crippen LogP contribution in [0.1, 0.15) is 5.56 Å². The van der Waals surface area contributed by atoms with E-state index in [0.29, 0.717) is 0 Å². The van der Waals surface area contributed by atoms with Crippen LogP contribution in [0.25, 0.3) is 10.9 Å². The Morgan fingerprint density at radius 1 is 1.21 bits per heavy atom. The lowest BCUT2D eigenvalue weighted by Gasteiger charge is -2.07. The van der Waals surface area contributed by atoms with Crippen LogP contribution in [0.3, 0.4) is 0 Å². The number of aromatic nitrogens is 2. The van der Waals surface area contributed by atoms with Gasteiger partial charge in [0.05, 0.1) is 16.7 Å². The highest BCUT2D eigenvalue weighted by atomic mass is 79.9. The molecule has 0 saturated heterocycles. The summed E-state index contributed by atoms with van der Waals surface area (Å²) in [5, 5.41) is 12.2. The second kappa shape index (κ2) is 5.23. The van der Waals surface area contributed by atoms with Crippen molar-refractivity contribution in [2.24, 2.45) is 0 Å². The van der Waals surface area contributed by atoms with Crippen LogP contribution in [-0.2, 0) is 6.54 Å². The van der Waals surface area contributed by atoms with E-state index in [1.54, 1.807) is 0 Å². The van der Waals surface area contributed by atoms with Crippen molar-refractivity contribution in [2.75, 3.05) is 5.32 Å². The number of H-pyrrole nitrogens is 1. The number of nitrogens with one attached hydrogen (secondary N) is 2. The maximum atomic E-state index is 6.07. The number of rotatable bonds is 3. The Bertz CT molecular complexity index is 724. The van der Waals surface area contributed by atoms with Gasteiger partial charge in [-0.2, -0.15) is 5.10 Å². The van der Waals surface area contributed by atoms with Crippen LogP contribution in [-0.4, -0.2) is 10.2 Å². The minimum atomic E-state index is 0.725. The fraction of sp³-hybridized carbons (Fsp3) is 0.0714. The Hall–Kier alpha value is -1.52. The van der Waals surface area contributed by atoms with E-state index in [1.165, 1.54) is 0 Å². The Kier molecular flexibility index (Phi) is 3.44. The first kappa shape index (κ1) is 12.5. The predicted octanol–water partition coefficient (Wildman–Crippen LogP) is 4.59. The molecular weight excluding hydrogens is 326 g/mol. The molecule has 0 bridgehead atoms. The third kappa shape index (κ3) is 2.74. The van der Waals surface area contributed by atoms with Crippen LogP contribution >= 0.6 is 27.5 Å². The van der Waals surface area contributed by atoms with Gasteiger partial charge in [0.1, 0.15) is 0 Å². The molecule has 0 aliphatic carbocycles. The van der Waals surface area contributed by atoms with Crippen molar-refractivity contribution in [3.63, 3.8) is 0 Å². The zero-order valence-corrected chi connectivity index (χ0v) is 12.3. The highest BCUT2D eigenvalue weighted by Gasteiger charge is 2.01. The fourth-order valence-electron chi connectivity index (χ4n) is 1.90. The average molecular weight is 337 g/mol. The summed E-state index contributed by atoms with van der Waals surface area (Å²) < 4.78 is 0.914. The highest BCUT2D eigenvalue weighted by molar-refractivity contribution is 9.10. The van der Waals surface area contributed by atoms with Crippen LogP contribution in [0, 0.1) is 0 Å². The second-order valence-corrected chi connectivity index (χ2v) is 5.54. The SMILES string of the molecule is Clc1cc(CNc2ccc3cn[nH]c3c2)ccc1Br. The summed E-state index contributed by atoms with van der Waals surface area (Å²) in [6.45, 7) is 0.729. The van der Waals surface area contributed by atoms with Crippen molar-refractivity contribution in [3.05, 3.63) is 57.7 Å². The van der Waals surface area contributed by atoms with Crippen LogP contribution < -0.4 is 5.32 Å². The summed E-state index contributed by atoms with van der Waals surface area (Å²) in [6.07, 6.45) is 1.81. The smallest absolute Gasteiger partial charge is 0.0670 e. The van der Waals surface area contributed by atoms with E-state index in [1.807, 2.05) is 42.6 Å². The maximum absolute atomic E-state index is 6.07. The molecule has 0 aliphatic rings. The molecule has 0 fully saturated rings. The van der Waals surface area contributed by atoms with E-state index >= 15 is 0 Å². The van der Waals surface area contributed by atoms with Crippen LogP contribution in [0.5, 0.6) is 0 Å². The first-order valence-electron chi connectivity index (χ1n) is 5.83. The third-order valence-electron chi connectivity index (χ3n) is 2.92. The normalized spacial score (nSPS) is 10.8. The van der Waals surface area contributed by atoms with Gasteiger partial charge in [0.15, 0.2) is 0 Å². The summed E-state index contributed by atoms with van der Waals surface area (Å²) in [7, 11) is 0. The third-order valence-corrected chi connectivity index (χ3v) is 4.16. The summed E-state index contributed by atoms with van der Waals surface area (Å²) in [5.41, 5.74) is 3.22. The average Bonchev–Trinajstić information content (AvgIpc) is 2.87. The number of halogens is 2. The highest BCUT2D eigenvalue weighted by Crippen LogP contribution is 2.24. The largest absolute Gasteiger partial charge is 0.381 e. The van der Waals surface area contributed by atoms with E-state index in [-0.39, 0.29) is 0 Å². The molecule has 0 saturated carbocycles. The van der Waals surface area contributed by atoms with E-state index in [9.17, 15) is 0 Å². The molecule has 0 spiro atoms. The number of hydrogen-bond donors (Lipinski definition) is 2. The minimum absolute atomic E-state index is 0.725. The van der Waals surface area contributed by atoms with Gasteiger partial charge in [0.25, 0.3) is 0 Å². The molecular formula is C14H11BrClN3. The van der Waals surface area contributed by atoms with Crippen LogP contribution in [0.2, 0.25) is 5.02 Å². The van der Waals surface area contributed by atoms with Crippen molar-refractivity contribution in [1.82, 2.24) is 10.2 Å². The first-order valence-corrected chi connectivity index (χ1v) is 7.00. The van der Waals surface area contributed by atoms with Gasteiger partial charge in [-0.15, -0.1) is 0 Å². The lowest BCUT2D eigenvalue weighted by Crippen LogP contribution is -1.99. The topological polar surface area (TPSA) is 40.7 Å². The van der Waals surface area contributed by atoms with Gasteiger partial charge < -0.3 is 5.32 Å². The van der Waals surface area contributed by atoms with Gasteiger partial charge in [-0.1, -0.05) is 17.7 Å². The number of benzene rings is 2. The number of anilines is 1. The molecule has 2 N–H and O–H groups in total. The summed E-state index contributed by atoms with van der Waals surface area (Å²) in [6, 6.07) is 12.1. The van der Waals surface area contributed by atoms with E-state index in [0.717, 1.165) is 38.2 Å². The molecule has 3 aromatic rings. The van der Waals surface area contributed by atoms with Crippen molar-refractivity contribution in [3.8, 4) is 0 Å². The quantitative estimate of drug-likeness (QED) is 0.734. The lowest BCUT2D eigenvalue weighted by molar-refractivity contribution is 1.12. The standard InChI is InChI=1S/C14H11BrClN3/c15-12-4-1-9(5-13(12)16)7-17-11-3-2-10-8-18-19-14(10)6-11/h1-6,8,17H,7H2,(H,18,19). The number of nitrogens with zero attached hydrogens (tertiary/aromatic N) is 1. The molecule has 1 aromatic heterocycles.